The fraction of sp³-hybridized carbons (Fsp3) is 0.615. The number of hydrogen-bond donors (Lipinski definition) is 2. The number of hydrogen-bond acceptors (Lipinski definition) is 6. The zero-order valence-corrected chi connectivity index (χ0v) is 12.2. The second kappa shape index (κ2) is 4.99. The van der Waals surface area contributed by atoms with Crippen molar-refractivity contribution in [1.82, 2.24) is 24.6 Å². The van der Waals surface area contributed by atoms with E-state index in [0.717, 1.165) is 41.8 Å². The average Bonchev–Trinajstić information content (AvgIpc) is 2.96. The van der Waals surface area contributed by atoms with Gasteiger partial charge in [0.05, 0.1) is 18.1 Å². The minimum atomic E-state index is 0.631. The highest BCUT2D eigenvalue weighted by Crippen LogP contribution is 2.38. The lowest BCUT2D eigenvalue weighted by atomic mass is 10.3. The molecule has 7 heteroatoms. The lowest BCUT2D eigenvalue weighted by Crippen LogP contribution is -2.23. The van der Waals surface area contributed by atoms with Gasteiger partial charge in [0.2, 0.25) is 0 Å². The van der Waals surface area contributed by atoms with E-state index in [1.807, 2.05) is 7.05 Å². The van der Waals surface area contributed by atoms with Crippen molar-refractivity contribution in [3.05, 3.63) is 12.0 Å². The third kappa shape index (κ3) is 2.46. The fourth-order valence-corrected chi connectivity index (χ4v) is 2.61. The van der Waals surface area contributed by atoms with Gasteiger partial charge in [-0.1, -0.05) is 6.92 Å². The van der Waals surface area contributed by atoms with Gasteiger partial charge in [-0.25, -0.2) is 15.8 Å². The van der Waals surface area contributed by atoms with Crippen LogP contribution in [0.3, 0.4) is 0 Å². The Balaban J connectivity index is 1.81. The summed E-state index contributed by atoms with van der Waals surface area (Å²) in [6.45, 7) is 4.12. The molecule has 2 aromatic heterocycles. The number of aromatic nitrogens is 4. The molecule has 0 amide bonds. The van der Waals surface area contributed by atoms with Crippen molar-refractivity contribution in [2.75, 3.05) is 19.0 Å². The molecule has 1 fully saturated rings. The summed E-state index contributed by atoms with van der Waals surface area (Å²) >= 11 is 0. The van der Waals surface area contributed by atoms with Gasteiger partial charge in [-0.3, -0.25) is 9.58 Å². The highest BCUT2D eigenvalue weighted by molar-refractivity contribution is 5.86. The van der Waals surface area contributed by atoms with Crippen LogP contribution in [0.1, 0.15) is 19.2 Å². The molecule has 2 atom stereocenters. The van der Waals surface area contributed by atoms with E-state index in [2.05, 4.69) is 39.4 Å². The Morgan fingerprint density at radius 3 is 2.90 bits per heavy atom. The van der Waals surface area contributed by atoms with Crippen LogP contribution >= 0.6 is 0 Å². The summed E-state index contributed by atoms with van der Waals surface area (Å²) in [5.41, 5.74) is 3.44. The van der Waals surface area contributed by atoms with Crippen molar-refractivity contribution < 1.29 is 0 Å². The molecule has 2 unspecified atom stereocenters. The van der Waals surface area contributed by atoms with Crippen molar-refractivity contribution in [2.45, 2.75) is 19.9 Å². The number of nitrogens with zero attached hydrogens (tertiary/aromatic N) is 5. The predicted octanol–water partition coefficient (Wildman–Crippen LogP) is 0.737. The largest absolute Gasteiger partial charge is 0.308 e. The first-order valence-electron chi connectivity index (χ1n) is 6.92. The van der Waals surface area contributed by atoms with Gasteiger partial charge in [0, 0.05) is 13.6 Å². The maximum atomic E-state index is 5.54. The van der Waals surface area contributed by atoms with E-state index in [1.165, 1.54) is 6.42 Å². The van der Waals surface area contributed by atoms with Crippen molar-refractivity contribution in [3.8, 4) is 0 Å². The zero-order valence-electron chi connectivity index (χ0n) is 12.2. The van der Waals surface area contributed by atoms with Gasteiger partial charge in [0.25, 0.3) is 0 Å². The molecule has 1 saturated carbocycles. The average molecular weight is 275 g/mol. The van der Waals surface area contributed by atoms with Crippen LogP contribution < -0.4 is 11.3 Å². The van der Waals surface area contributed by atoms with Gasteiger partial charge < -0.3 is 5.43 Å². The highest BCUT2D eigenvalue weighted by atomic mass is 15.3. The lowest BCUT2D eigenvalue weighted by molar-refractivity contribution is 0.300. The smallest absolute Gasteiger partial charge is 0.163 e. The topological polar surface area (TPSA) is 84.9 Å². The molecule has 20 heavy (non-hydrogen) atoms. The summed E-state index contributed by atoms with van der Waals surface area (Å²) in [6, 6.07) is 0. The summed E-state index contributed by atoms with van der Waals surface area (Å²) < 4.78 is 1.74. The second-order valence-corrected chi connectivity index (χ2v) is 5.81. The molecular formula is C13H21N7. The molecule has 0 spiro atoms. The Labute approximate surface area is 118 Å². The van der Waals surface area contributed by atoms with E-state index < -0.39 is 0 Å². The molecular weight excluding hydrogens is 254 g/mol. The van der Waals surface area contributed by atoms with E-state index in [0.29, 0.717) is 5.82 Å². The second-order valence-electron chi connectivity index (χ2n) is 5.81. The Kier molecular flexibility index (Phi) is 3.31. The Morgan fingerprint density at radius 1 is 1.50 bits per heavy atom. The summed E-state index contributed by atoms with van der Waals surface area (Å²) in [4.78, 5) is 11.3. The van der Waals surface area contributed by atoms with Gasteiger partial charge >= 0.3 is 0 Å². The van der Waals surface area contributed by atoms with E-state index in [1.54, 1.807) is 10.9 Å². The SMILES string of the molecule is CC1CC1CN(C)Cc1nc(NN)c2cnn(C)c2n1. The van der Waals surface area contributed by atoms with Crippen molar-refractivity contribution in [2.24, 2.45) is 24.7 Å². The van der Waals surface area contributed by atoms with Crippen LogP contribution in [0, 0.1) is 11.8 Å². The summed E-state index contributed by atoms with van der Waals surface area (Å²) in [5.74, 6) is 8.63. The molecule has 2 aromatic rings. The minimum Gasteiger partial charge on any atom is -0.308 e. The number of nitrogens with two attached hydrogens (primary N) is 1. The molecule has 1 aliphatic carbocycles. The third-order valence-corrected chi connectivity index (χ3v) is 4.01. The first-order valence-corrected chi connectivity index (χ1v) is 6.92. The molecule has 0 radical (unpaired) electrons. The van der Waals surface area contributed by atoms with E-state index in [-0.39, 0.29) is 0 Å². The molecule has 0 aliphatic heterocycles. The van der Waals surface area contributed by atoms with E-state index in [4.69, 9.17) is 5.84 Å². The van der Waals surface area contributed by atoms with Gasteiger partial charge in [-0.15, -0.1) is 0 Å². The summed E-state index contributed by atoms with van der Waals surface area (Å²) in [7, 11) is 3.98. The highest BCUT2D eigenvalue weighted by Gasteiger charge is 2.33. The summed E-state index contributed by atoms with van der Waals surface area (Å²) in [5, 5.41) is 5.04. The van der Waals surface area contributed by atoms with Gasteiger partial charge in [-0.2, -0.15) is 5.10 Å². The Bertz CT molecular complexity index is 620. The van der Waals surface area contributed by atoms with Crippen LogP contribution in [0.2, 0.25) is 0 Å². The van der Waals surface area contributed by atoms with Crippen molar-refractivity contribution in [1.29, 1.82) is 0 Å². The normalized spacial score (nSPS) is 21.6. The van der Waals surface area contributed by atoms with E-state index in [9.17, 15) is 0 Å². The number of aryl methyl sites for hydroxylation is 1. The molecule has 0 bridgehead atoms. The number of rotatable bonds is 5. The molecule has 108 valence electrons. The number of nitrogen functional groups attached to an aromatic ring is 1. The van der Waals surface area contributed by atoms with Crippen LogP contribution in [0.4, 0.5) is 5.82 Å². The first-order chi connectivity index (χ1) is 9.58. The van der Waals surface area contributed by atoms with Gasteiger partial charge in [0.15, 0.2) is 11.5 Å². The Morgan fingerprint density at radius 2 is 2.25 bits per heavy atom. The van der Waals surface area contributed by atoms with Gasteiger partial charge in [0.1, 0.15) is 5.82 Å². The molecule has 3 rings (SSSR count). The number of hydrazine groups is 1. The molecule has 0 aromatic carbocycles. The number of nitrogens with one attached hydrogen (secondary N) is 1. The van der Waals surface area contributed by atoms with Crippen LogP contribution in [-0.2, 0) is 13.6 Å². The van der Waals surface area contributed by atoms with Gasteiger partial charge in [-0.05, 0) is 25.3 Å². The predicted molar refractivity (Wildman–Crippen MR) is 77.7 cm³/mol. The monoisotopic (exact) mass is 275 g/mol. The molecule has 7 nitrogen and oxygen atoms in total. The third-order valence-electron chi connectivity index (χ3n) is 4.01. The van der Waals surface area contributed by atoms with Crippen LogP contribution in [-0.4, -0.2) is 38.2 Å². The minimum absolute atomic E-state index is 0.631. The quantitative estimate of drug-likeness (QED) is 0.618. The molecule has 1 aliphatic rings. The van der Waals surface area contributed by atoms with Crippen LogP contribution in [0.5, 0.6) is 0 Å². The van der Waals surface area contributed by atoms with Crippen LogP contribution in [0.15, 0.2) is 6.20 Å². The Hall–Kier alpha value is -1.73. The molecule has 0 saturated heterocycles. The van der Waals surface area contributed by atoms with E-state index >= 15 is 0 Å². The van der Waals surface area contributed by atoms with Crippen LogP contribution in [0.25, 0.3) is 11.0 Å². The fourth-order valence-electron chi connectivity index (χ4n) is 2.61. The number of anilines is 1. The lowest BCUT2D eigenvalue weighted by Gasteiger charge is -2.16. The maximum Gasteiger partial charge on any atom is 0.163 e. The number of fused-ring (bicyclic) bond motifs is 1. The van der Waals surface area contributed by atoms with Crippen molar-refractivity contribution in [3.63, 3.8) is 0 Å². The standard InChI is InChI=1S/C13H21N7/c1-8-4-9(8)6-19(2)7-11-16-12(18-14)10-5-15-20(3)13(10)17-11/h5,8-9H,4,6-7,14H2,1-3H3,(H,16,17,18). The molecule has 2 heterocycles. The summed E-state index contributed by atoms with van der Waals surface area (Å²) in [6.07, 6.45) is 3.06. The first kappa shape index (κ1) is 13.3. The molecule has 3 N–H and O–H groups in total. The zero-order chi connectivity index (χ0) is 14.3. The maximum absolute atomic E-state index is 5.54. The van der Waals surface area contributed by atoms with Crippen molar-refractivity contribution >= 4 is 16.9 Å².